The summed E-state index contributed by atoms with van der Waals surface area (Å²) in [5, 5.41) is 12.1. The Bertz CT molecular complexity index is 392. The van der Waals surface area contributed by atoms with Gasteiger partial charge in [-0.3, -0.25) is 0 Å². The number of hydrogen-bond donors (Lipinski definition) is 1. The molecule has 0 fully saturated rings. The average Bonchev–Trinajstić information content (AvgIpc) is 2.23. The quantitative estimate of drug-likeness (QED) is 0.673. The van der Waals surface area contributed by atoms with Crippen molar-refractivity contribution in [1.29, 1.82) is 5.26 Å². The van der Waals surface area contributed by atoms with Crippen LogP contribution in [-0.4, -0.2) is 19.6 Å². The Morgan fingerprint density at radius 3 is 3.07 bits per heavy atom. The molecule has 0 saturated carbocycles. The van der Waals surface area contributed by atoms with Crippen LogP contribution in [0.15, 0.2) is 18.2 Å². The van der Waals surface area contributed by atoms with Gasteiger partial charge in [0.1, 0.15) is 0 Å². The van der Waals surface area contributed by atoms with Gasteiger partial charge in [0, 0.05) is 19.6 Å². The summed E-state index contributed by atoms with van der Waals surface area (Å²) >= 11 is 0. The highest BCUT2D eigenvalue weighted by Gasteiger charge is 2.18. The number of benzene rings is 1. The molecule has 0 spiro atoms. The van der Waals surface area contributed by atoms with Crippen LogP contribution in [0.1, 0.15) is 12.5 Å². The fourth-order valence-electron chi connectivity index (χ4n) is 1.69. The zero-order valence-electron chi connectivity index (χ0n) is 8.41. The third-order valence-electron chi connectivity index (χ3n) is 2.75. The molecule has 1 aromatic rings. The summed E-state index contributed by atoms with van der Waals surface area (Å²) in [5.41, 5.74) is 2.94. The maximum absolute atomic E-state index is 8.77. The fourth-order valence-corrected chi connectivity index (χ4v) is 1.69. The molecule has 72 valence electrons. The van der Waals surface area contributed by atoms with E-state index in [2.05, 4.69) is 30.3 Å². The van der Waals surface area contributed by atoms with Crippen molar-refractivity contribution in [2.75, 3.05) is 23.8 Å². The van der Waals surface area contributed by atoms with Crippen LogP contribution in [0.5, 0.6) is 0 Å². The second-order valence-electron chi connectivity index (χ2n) is 3.68. The number of nitrogens with zero attached hydrogens (tertiary/aromatic N) is 2. The molecular formula is C11H13N3. The Labute approximate surface area is 84.0 Å². The van der Waals surface area contributed by atoms with Crippen molar-refractivity contribution < 1.29 is 0 Å². The van der Waals surface area contributed by atoms with Gasteiger partial charge in [0.2, 0.25) is 0 Å². The van der Waals surface area contributed by atoms with Crippen molar-refractivity contribution in [1.82, 2.24) is 0 Å². The van der Waals surface area contributed by atoms with Crippen molar-refractivity contribution in [3.63, 3.8) is 0 Å². The molecule has 3 nitrogen and oxygen atoms in total. The molecule has 0 amide bonds. The smallest absolute Gasteiger partial charge is 0.0992 e. The first-order chi connectivity index (χ1) is 6.72. The van der Waals surface area contributed by atoms with Gasteiger partial charge in [0.05, 0.1) is 23.0 Å². The number of nitrogens with one attached hydrogen (secondary N) is 1. The number of anilines is 2. The number of hydrogen-bond acceptors (Lipinski definition) is 3. The minimum Gasteiger partial charge on any atom is -0.381 e. The molecule has 3 heteroatoms. The average molecular weight is 187 g/mol. The van der Waals surface area contributed by atoms with Gasteiger partial charge in [0.15, 0.2) is 0 Å². The molecule has 0 radical (unpaired) electrons. The normalized spacial score (nSPS) is 19.5. The fraction of sp³-hybridized carbons (Fsp3) is 0.364. The maximum Gasteiger partial charge on any atom is 0.0992 e. The highest BCUT2D eigenvalue weighted by atomic mass is 15.2. The molecule has 14 heavy (non-hydrogen) atoms. The molecule has 1 N–H and O–H groups in total. The highest BCUT2D eigenvalue weighted by molar-refractivity contribution is 5.74. The van der Waals surface area contributed by atoms with Crippen molar-refractivity contribution in [2.45, 2.75) is 13.0 Å². The molecule has 0 aliphatic carbocycles. The van der Waals surface area contributed by atoms with Gasteiger partial charge in [-0.25, -0.2) is 0 Å². The first kappa shape index (κ1) is 8.89. The van der Waals surface area contributed by atoms with E-state index < -0.39 is 0 Å². The number of nitriles is 1. The predicted octanol–water partition coefficient (Wildman–Crippen LogP) is 1.81. The van der Waals surface area contributed by atoms with Gasteiger partial charge in [0.25, 0.3) is 0 Å². The summed E-state index contributed by atoms with van der Waals surface area (Å²) in [4.78, 5) is 2.23. The lowest BCUT2D eigenvalue weighted by molar-refractivity contribution is 0.699. The van der Waals surface area contributed by atoms with Gasteiger partial charge >= 0.3 is 0 Å². The first-order valence-corrected chi connectivity index (χ1v) is 4.73. The minimum atomic E-state index is 0.496. The first-order valence-electron chi connectivity index (χ1n) is 4.73. The lowest BCUT2D eigenvalue weighted by Gasteiger charge is -2.34. The van der Waals surface area contributed by atoms with E-state index >= 15 is 0 Å². The summed E-state index contributed by atoms with van der Waals surface area (Å²) in [7, 11) is 2.08. The zero-order chi connectivity index (χ0) is 10.1. The van der Waals surface area contributed by atoms with Crippen LogP contribution in [0.2, 0.25) is 0 Å². The summed E-state index contributed by atoms with van der Waals surface area (Å²) in [6.07, 6.45) is 0. The highest BCUT2D eigenvalue weighted by Crippen LogP contribution is 2.30. The molecule has 1 unspecified atom stereocenters. The Balaban J connectivity index is 2.45. The van der Waals surface area contributed by atoms with Crippen LogP contribution >= 0.6 is 0 Å². The molecule has 0 aromatic heterocycles. The SMILES string of the molecule is CC1CNc2cc(C#N)ccc2N1C. The molecule has 0 bridgehead atoms. The van der Waals surface area contributed by atoms with Gasteiger partial charge < -0.3 is 10.2 Å². The van der Waals surface area contributed by atoms with E-state index in [9.17, 15) is 0 Å². The topological polar surface area (TPSA) is 39.1 Å². The second-order valence-corrected chi connectivity index (χ2v) is 3.68. The van der Waals surface area contributed by atoms with E-state index in [-0.39, 0.29) is 0 Å². The van der Waals surface area contributed by atoms with E-state index in [4.69, 9.17) is 5.26 Å². The third-order valence-corrected chi connectivity index (χ3v) is 2.75. The van der Waals surface area contributed by atoms with Crippen LogP contribution in [0.4, 0.5) is 11.4 Å². The Kier molecular flexibility index (Phi) is 2.05. The van der Waals surface area contributed by atoms with E-state index in [0.29, 0.717) is 11.6 Å². The summed E-state index contributed by atoms with van der Waals surface area (Å²) in [5.74, 6) is 0. The third kappa shape index (κ3) is 1.29. The van der Waals surface area contributed by atoms with Crippen molar-refractivity contribution >= 4 is 11.4 Å². The van der Waals surface area contributed by atoms with Crippen LogP contribution in [0.25, 0.3) is 0 Å². The Morgan fingerprint density at radius 1 is 1.57 bits per heavy atom. The Morgan fingerprint density at radius 2 is 2.36 bits per heavy atom. The van der Waals surface area contributed by atoms with Crippen LogP contribution in [0.3, 0.4) is 0 Å². The lowest BCUT2D eigenvalue weighted by atomic mass is 10.1. The lowest BCUT2D eigenvalue weighted by Crippen LogP contribution is -2.39. The van der Waals surface area contributed by atoms with Gasteiger partial charge in [-0.2, -0.15) is 5.26 Å². The van der Waals surface area contributed by atoms with E-state index in [1.807, 2.05) is 18.2 Å². The molecule has 1 aromatic carbocycles. The van der Waals surface area contributed by atoms with Crippen LogP contribution < -0.4 is 10.2 Å². The van der Waals surface area contributed by atoms with Gasteiger partial charge in [-0.05, 0) is 25.1 Å². The van der Waals surface area contributed by atoms with Crippen LogP contribution in [-0.2, 0) is 0 Å². The maximum atomic E-state index is 8.77. The second kappa shape index (κ2) is 3.22. The molecule has 1 heterocycles. The molecule has 0 saturated heterocycles. The largest absolute Gasteiger partial charge is 0.381 e. The zero-order valence-corrected chi connectivity index (χ0v) is 8.41. The minimum absolute atomic E-state index is 0.496. The van der Waals surface area contributed by atoms with E-state index in [0.717, 1.165) is 12.2 Å². The van der Waals surface area contributed by atoms with Crippen molar-refractivity contribution in [3.8, 4) is 6.07 Å². The van der Waals surface area contributed by atoms with E-state index in [1.54, 1.807) is 0 Å². The number of fused-ring (bicyclic) bond motifs is 1. The standard InChI is InChI=1S/C11H13N3/c1-8-7-13-10-5-9(6-12)3-4-11(10)14(8)2/h3-5,8,13H,7H2,1-2H3. The monoisotopic (exact) mass is 187 g/mol. The van der Waals surface area contributed by atoms with Crippen molar-refractivity contribution in [2.24, 2.45) is 0 Å². The van der Waals surface area contributed by atoms with Gasteiger partial charge in [-0.15, -0.1) is 0 Å². The molecule has 2 rings (SSSR count). The van der Waals surface area contributed by atoms with Crippen molar-refractivity contribution in [3.05, 3.63) is 23.8 Å². The molecule has 1 aliphatic rings. The van der Waals surface area contributed by atoms with Gasteiger partial charge in [-0.1, -0.05) is 0 Å². The Hall–Kier alpha value is -1.69. The molecule has 1 aliphatic heterocycles. The predicted molar refractivity (Wildman–Crippen MR) is 57.5 cm³/mol. The molecule has 1 atom stereocenters. The van der Waals surface area contributed by atoms with E-state index in [1.165, 1.54) is 5.69 Å². The van der Waals surface area contributed by atoms with Crippen LogP contribution in [0, 0.1) is 11.3 Å². The summed E-state index contributed by atoms with van der Waals surface area (Å²) < 4.78 is 0. The number of rotatable bonds is 0. The summed E-state index contributed by atoms with van der Waals surface area (Å²) in [6.45, 7) is 3.10. The molecular weight excluding hydrogens is 174 g/mol. The summed E-state index contributed by atoms with van der Waals surface area (Å²) in [6, 6.07) is 8.39. The number of likely N-dealkylation sites (N-methyl/N-ethyl adjacent to an activating group) is 1.